The summed E-state index contributed by atoms with van der Waals surface area (Å²) in [7, 11) is 0. The van der Waals surface area contributed by atoms with Gasteiger partial charge in [0, 0.05) is 46.0 Å². The van der Waals surface area contributed by atoms with Gasteiger partial charge in [-0.25, -0.2) is 0 Å². The summed E-state index contributed by atoms with van der Waals surface area (Å²) in [5.74, 6) is 0. The van der Waals surface area contributed by atoms with Crippen molar-refractivity contribution in [3.8, 4) is 0 Å². The molecule has 0 radical (unpaired) electrons. The molecule has 0 atom stereocenters. The molecule has 1 aromatic carbocycles. The van der Waals surface area contributed by atoms with Gasteiger partial charge in [-0.3, -0.25) is 0 Å². The van der Waals surface area contributed by atoms with Crippen LogP contribution in [-0.2, 0) is 26.2 Å². The van der Waals surface area contributed by atoms with Crippen LogP contribution in [0.2, 0.25) is 0 Å². The average molecular weight is 321 g/mol. The number of aliphatic hydroxyl groups is 3. The minimum Gasteiger partial charge on any atom is -0.397 e. The zero-order valence-corrected chi connectivity index (χ0v) is 13.5. The SMILES string of the molecule is CCO.CCO.CCO.[CH2-]c1ccccc1.[Zr]. The van der Waals surface area contributed by atoms with Crippen molar-refractivity contribution >= 4 is 0 Å². The zero-order valence-electron chi connectivity index (χ0n) is 11.1. The van der Waals surface area contributed by atoms with Gasteiger partial charge in [0.25, 0.3) is 0 Å². The van der Waals surface area contributed by atoms with E-state index in [1.807, 2.05) is 30.3 Å². The first kappa shape index (κ1) is 25.6. The number of hydrogen-bond acceptors (Lipinski definition) is 3. The third kappa shape index (κ3) is 49.3. The summed E-state index contributed by atoms with van der Waals surface area (Å²) < 4.78 is 0. The molecule has 3 N–H and O–H groups in total. The number of rotatable bonds is 0. The Bertz CT molecular complexity index is 177. The molecule has 0 amide bonds. The van der Waals surface area contributed by atoms with E-state index in [0.717, 1.165) is 5.56 Å². The largest absolute Gasteiger partial charge is 0.397 e. The van der Waals surface area contributed by atoms with Gasteiger partial charge >= 0.3 is 0 Å². The van der Waals surface area contributed by atoms with Crippen molar-refractivity contribution in [2.75, 3.05) is 19.8 Å². The predicted molar refractivity (Wildman–Crippen MR) is 69.2 cm³/mol. The molecule has 0 fully saturated rings. The molecule has 0 bridgehead atoms. The fourth-order valence-corrected chi connectivity index (χ4v) is 0.478. The van der Waals surface area contributed by atoms with Crippen LogP contribution >= 0.6 is 0 Å². The first-order valence-electron chi connectivity index (χ1n) is 5.33. The average Bonchev–Trinajstić information content (AvgIpc) is 2.22. The maximum absolute atomic E-state index is 7.57. The van der Waals surface area contributed by atoms with E-state index in [-0.39, 0.29) is 46.0 Å². The zero-order chi connectivity index (χ0) is 13.2. The summed E-state index contributed by atoms with van der Waals surface area (Å²) >= 11 is 0. The molecule has 0 saturated heterocycles. The van der Waals surface area contributed by atoms with Crippen LogP contribution in [0.25, 0.3) is 0 Å². The quantitative estimate of drug-likeness (QED) is 0.640. The van der Waals surface area contributed by atoms with Crippen LogP contribution in [0.1, 0.15) is 26.3 Å². The maximum Gasteiger partial charge on any atom is 0.0402 e. The first-order valence-corrected chi connectivity index (χ1v) is 5.33. The number of benzene rings is 1. The van der Waals surface area contributed by atoms with Gasteiger partial charge < -0.3 is 15.3 Å². The van der Waals surface area contributed by atoms with Crippen molar-refractivity contribution in [3.63, 3.8) is 0 Å². The fraction of sp³-hybridized carbons (Fsp3) is 0.462. The summed E-state index contributed by atoms with van der Waals surface area (Å²) in [5, 5.41) is 22.7. The second-order valence-electron chi connectivity index (χ2n) is 2.43. The molecule has 0 unspecified atom stereocenters. The van der Waals surface area contributed by atoms with E-state index < -0.39 is 0 Å². The molecule has 0 saturated carbocycles. The molecular weight excluding hydrogens is 295 g/mol. The van der Waals surface area contributed by atoms with Crippen LogP contribution in [0.3, 0.4) is 0 Å². The molecule has 1 rings (SSSR count). The Kier molecular flexibility index (Phi) is 44.8. The minimum atomic E-state index is 0. The normalized spacial score (nSPS) is 6.71. The van der Waals surface area contributed by atoms with E-state index in [4.69, 9.17) is 15.3 Å². The minimum absolute atomic E-state index is 0. The summed E-state index contributed by atoms with van der Waals surface area (Å²) in [4.78, 5) is 0. The molecule has 0 aromatic heterocycles. The van der Waals surface area contributed by atoms with Gasteiger partial charge in [0.05, 0.1) is 0 Å². The smallest absolute Gasteiger partial charge is 0.0402 e. The Balaban J connectivity index is -0.0000000734. The molecule has 3 nitrogen and oxygen atoms in total. The van der Waals surface area contributed by atoms with Crippen LogP contribution in [-0.4, -0.2) is 35.1 Å². The molecule has 17 heavy (non-hydrogen) atoms. The van der Waals surface area contributed by atoms with E-state index in [9.17, 15) is 0 Å². The van der Waals surface area contributed by atoms with Crippen molar-refractivity contribution in [1.82, 2.24) is 0 Å². The van der Waals surface area contributed by atoms with Gasteiger partial charge in [-0.15, -0.1) is 12.1 Å². The van der Waals surface area contributed by atoms with Crippen LogP contribution in [0, 0.1) is 6.92 Å². The number of hydrogen-bond donors (Lipinski definition) is 3. The van der Waals surface area contributed by atoms with Gasteiger partial charge in [0.1, 0.15) is 0 Å². The molecule has 0 aliphatic rings. The van der Waals surface area contributed by atoms with Crippen LogP contribution in [0.15, 0.2) is 30.3 Å². The molecule has 1 aromatic rings. The van der Waals surface area contributed by atoms with Gasteiger partial charge in [-0.05, 0) is 20.8 Å². The molecule has 0 aliphatic heterocycles. The van der Waals surface area contributed by atoms with Gasteiger partial charge in [-0.2, -0.15) is 24.6 Å². The van der Waals surface area contributed by atoms with Crippen molar-refractivity contribution < 1.29 is 41.5 Å². The summed E-state index contributed by atoms with van der Waals surface area (Å²) in [6.07, 6.45) is 0. The predicted octanol–water partition coefficient (Wildman–Crippen LogP) is 1.86. The molecule has 4 heteroatoms. The summed E-state index contributed by atoms with van der Waals surface area (Å²) in [6.45, 7) is 9.51. The van der Waals surface area contributed by atoms with E-state index in [2.05, 4.69) is 6.92 Å². The second-order valence-corrected chi connectivity index (χ2v) is 2.43. The van der Waals surface area contributed by atoms with Gasteiger partial charge in [0.15, 0.2) is 0 Å². The summed E-state index contributed by atoms with van der Waals surface area (Å²) in [6, 6.07) is 9.87. The van der Waals surface area contributed by atoms with Crippen LogP contribution in [0.4, 0.5) is 0 Å². The monoisotopic (exact) mass is 319 g/mol. The maximum atomic E-state index is 7.57. The Hall–Kier alpha value is -0.147. The first-order chi connectivity index (χ1) is 7.64. The third-order valence-corrected chi connectivity index (χ3v) is 0.843. The fourth-order valence-electron chi connectivity index (χ4n) is 0.478. The second kappa shape index (κ2) is 29.7. The van der Waals surface area contributed by atoms with Crippen molar-refractivity contribution in [2.24, 2.45) is 0 Å². The Labute approximate surface area is 125 Å². The third-order valence-electron chi connectivity index (χ3n) is 0.843. The van der Waals surface area contributed by atoms with Crippen LogP contribution < -0.4 is 0 Å². The Morgan fingerprint density at radius 1 is 0.824 bits per heavy atom. The van der Waals surface area contributed by atoms with E-state index in [1.165, 1.54) is 0 Å². The van der Waals surface area contributed by atoms with E-state index >= 15 is 0 Å². The van der Waals surface area contributed by atoms with Gasteiger partial charge in [-0.1, -0.05) is 6.07 Å². The van der Waals surface area contributed by atoms with Crippen molar-refractivity contribution in [2.45, 2.75) is 20.8 Å². The molecular formula is C13H25O3Zr-. The molecule has 100 valence electrons. The Morgan fingerprint density at radius 3 is 1.18 bits per heavy atom. The molecule has 0 spiro atoms. The molecule has 0 aliphatic carbocycles. The van der Waals surface area contributed by atoms with Gasteiger partial charge in [0.2, 0.25) is 0 Å². The van der Waals surface area contributed by atoms with Crippen molar-refractivity contribution in [1.29, 1.82) is 0 Å². The van der Waals surface area contributed by atoms with E-state index in [1.54, 1.807) is 20.8 Å². The topological polar surface area (TPSA) is 60.7 Å². The summed E-state index contributed by atoms with van der Waals surface area (Å²) in [5.41, 5.74) is 1.07. The molecule has 0 heterocycles. The van der Waals surface area contributed by atoms with Crippen molar-refractivity contribution in [3.05, 3.63) is 42.8 Å². The Morgan fingerprint density at radius 2 is 1.06 bits per heavy atom. The number of aliphatic hydroxyl groups excluding tert-OH is 3. The van der Waals surface area contributed by atoms with E-state index in [0.29, 0.717) is 0 Å². The van der Waals surface area contributed by atoms with Crippen LogP contribution in [0.5, 0.6) is 0 Å². The standard InChI is InChI=1S/C7H7.3C2H6O.Zr/c1-7-5-3-2-4-6-7;3*1-2-3;/h2-6H,1H2;3*3H,2H2,1H3;/q-1;;;;.